The Hall–Kier alpha value is 1.03. The summed E-state index contributed by atoms with van der Waals surface area (Å²) in [5.74, 6) is -0.182. The molecule has 0 aromatic heterocycles. The van der Waals surface area contributed by atoms with Crippen LogP contribution in [0.2, 0.25) is 0 Å². The topological polar surface area (TPSA) is 66.4 Å². The van der Waals surface area contributed by atoms with Crippen molar-refractivity contribution >= 4 is 22.8 Å². The van der Waals surface area contributed by atoms with Gasteiger partial charge in [0.2, 0.25) is 5.24 Å². The van der Waals surface area contributed by atoms with E-state index in [0.717, 1.165) is 7.11 Å². The Morgan fingerprint density at radius 2 is 1.19 bits per heavy atom. The minimum absolute atomic E-state index is 0. The molecule has 124 valence electrons. The molecule has 21 heavy (non-hydrogen) atoms. The summed E-state index contributed by atoms with van der Waals surface area (Å²) < 4.78 is 5.06. The molecule has 0 aliphatic heterocycles. The normalized spacial score (nSPS) is 8.86. The van der Waals surface area contributed by atoms with Gasteiger partial charge in [-0.15, -0.1) is 0 Å². The van der Waals surface area contributed by atoms with Crippen LogP contribution in [-0.2, 0) is 14.3 Å². The van der Waals surface area contributed by atoms with E-state index in [0.29, 0.717) is 0 Å². The van der Waals surface area contributed by atoms with Gasteiger partial charge >= 0.3 is 57.4 Å². The summed E-state index contributed by atoms with van der Waals surface area (Å²) >= 11 is 4.97. The number of carbonyl (C=O) groups excluding carboxylic acids is 2. The van der Waals surface area contributed by atoms with Crippen LogP contribution in [0, 0.1) is 11.8 Å². The molecule has 0 unspecified atom stereocenters. The molecular weight excluding hydrogens is 319 g/mol. The van der Waals surface area contributed by atoms with Crippen molar-refractivity contribution in [2.45, 2.75) is 67.9 Å². The molecule has 0 amide bonds. The molecule has 0 aromatic carbocycles. The smallest absolute Gasteiger partial charge is 0.857 e. The van der Waals surface area contributed by atoms with Gasteiger partial charge in [-0.25, -0.2) is 0 Å². The number of rotatable bonds is 2. The summed E-state index contributed by atoms with van der Waals surface area (Å²) in [6.07, 6.45) is 0. The molecule has 0 heterocycles. The van der Waals surface area contributed by atoms with Crippen LogP contribution in [0.25, 0.3) is 0 Å². The third-order valence-corrected chi connectivity index (χ3v) is 1.77. The summed E-state index contributed by atoms with van der Waals surface area (Å²) in [5.41, 5.74) is -0.346. The first-order valence-electron chi connectivity index (χ1n) is 6.80. The van der Waals surface area contributed by atoms with Crippen LogP contribution >= 0.6 is 11.6 Å². The maximum atomic E-state index is 10.9. The van der Waals surface area contributed by atoms with Crippen molar-refractivity contribution in [3.8, 4) is 0 Å². The van der Waals surface area contributed by atoms with E-state index in [1.165, 1.54) is 0 Å². The Morgan fingerprint density at radius 1 is 0.952 bits per heavy atom. The van der Waals surface area contributed by atoms with E-state index in [1.807, 2.05) is 48.5 Å². The zero-order chi connectivity index (χ0) is 17.5. The molecule has 0 atom stereocenters. The first-order valence-corrected chi connectivity index (χ1v) is 7.18. The molecule has 4 nitrogen and oxygen atoms in total. The maximum Gasteiger partial charge on any atom is 1.00 e. The van der Waals surface area contributed by atoms with E-state index in [2.05, 4.69) is 0 Å². The number of esters is 1. The average molecular weight is 351 g/mol. The molecule has 0 rings (SSSR count). The van der Waals surface area contributed by atoms with Crippen molar-refractivity contribution in [1.29, 1.82) is 0 Å². The molecule has 0 fully saturated rings. The molecule has 0 saturated carbocycles. The van der Waals surface area contributed by atoms with E-state index >= 15 is 0 Å². The maximum absolute atomic E-state index is 10.9. The molecule has 6 heteroatoms. The van der Waals surface area contributed by atoms with Gasteiger partial charge in [-0.05, 0) is 32.4 Å². The molecular formula is C15H32ClKO4. The van der Waals surface area contributed by atoms with Gasteiger partial charge in [0.15, 0.2) is 0 Å². The van der Waals surface area contributed by atoms with Crippen LogP contribution in [0.5, 0.6) is 0 Å². The fourth-order valence-electron chi connectivity index (χ4n) is 0.420. The van der Waals surface area contributed by atoms with Gasteiger partial charge in [-0.2, -0.15) is 7.11 Å². The molecule has 0 bridgehead atoms. The third kappa shape index (κ3) is 38.7. The summed E-state index contributed by atoms with van der Waals surface area (Å²) in [4.78, 5) is 20.8. The second-order valence-electron chi connectivity index (χ2n) is 5.15. The van der Waals surface area contributed by atoms with Crippen LogP contribution in [0.15, 0.2) is 0 Å². The van der Waals surface area contributed by atoms with E-state index in [4.69, 9.17) is 21.4 Å². The summed E-state index contributed by atoms with van der Waals surface area (Å²) in [6, 6.07) is 0. The Labute approximate surface area is 178 Å². The van der Waals surface area contributed by atoms with E-state index in [9.17, 15) is 9.59 Å². The predicted octanol–water partition coefficient (Wildman–Crippen LogP) is 0.399. The van der Waals surface area contributed by atoms with Gasteiger partial charge in [-0.1, -0.05) is 41.5 Å². The van der Waals surface area contributed by atoms with Gasteiger partial charge in [0, 0.05) is 5.92 Å². The number of hydrogen-bond donors (Lipinski definition) is 0. The molecule has 0 aromatic rings. The summed E-state index contributed by atoms with van der Waals surface area (Å²) in [5, 5.41) is 7.98. The fraction of sp³-hybridized carbons (Fsp3) is 0.867. The van der Waals surface area contributed by atoms with Gasteiger partial charge in [0.05, 0.1) is 5.92 Å². The number of halogens is 1. The molecule has 0 radical (unpaired) electrons. The minimum Gasteiger partial charge on any atom is -0.857 e. The Kier molecular flexibility index (Phi) is 33.6. The number of ether oxygens (including phenoxy) is 1. The van der Waals surface area contributed by atoms with Crippen LogP contribution in [0.4, 0.5) is 0 Å². The number of hydrogen-bond acceptors (Lipinski definition) is 4. The molecule has 0 spiro atoms. The van der Waals surface area contributed by atoms with Crippen molar-refractivity contribution in [2.75, 3.05) is 7.11 Å². The van der Waals surface area contributed by atoms with Crippen molar-refractivity contribution in [3.05, 3.63) is 0 Å². The number of carbonyl (C=O) groups is 2. The molecule has 0 aliphatic carbocycles. The monoisotopic (exact) mass is 350 g/mol. The standard InChI is InChI=1S/C8H16O2.C4H7ClO.C2H6.CH3O.K/c1-6(2)7(9)10-8(3,4)5;1-3(2)4(5)6;2*1-2;/h6H,1-5H3;3H,1-2H3;1-2H3;1H3;/q;;;-1;+1. The SMILES string of the molecule is CC.CC(C)C(=O)Cl.CC(C)C(=O)OC(C)(C)C.C[O-].[K+]. The van der Waals surface area contributed by atoms with E-state index < -0.39 is 0 Å². The fourth-order valence-corrected chi connectivity index (χ4v) is 0.420. The Bertz CT molecular complexity index is 236. The zero-order valence-electron chi connectivity index (χ0n) is 15.7. The summed E-state index contributed by atoms with van der Waals surface area (Å²) in [6.45, 7) is 16.8. The quantitative estimate of drug-likeness (QED) is 0.411. The van der Waals surface area contributed by atoms with Crippen LogP contribution in [0.3, 0.4) is 0 Å². The van der Waals surface area contributed by atoms with Crippen molar-refractivity contribution in [1.82, 2.24) is 0 Å². The third-order valence-electron chi connectivity index (χ3n) is 1.33. The first kappa shape index (κ1) is 33.6. The Balaban J connectivity index is -0.0000000670. The minimum atomic E-state index is -0.346. The Morgan fingerprint density at radius 3 is 1.24 bits per heavy atom. The first-order chi connectivity index (χ1) is 8.97. The summed E-state index contributed by atoms with van der Waals surface area (Å²) in [7, 11) is 0.750. The van der Waals surface area contributed by atoms with E-state index in [-0.39, 0.29) is 80.0 Å². The van der Waals surface area contributed by atoms with Crippen LogP contribution in [-0.4, -0.2) is 23.9 Å². The van der Waals surface area contributed by atoms with Crippen LogP contribution < -0.4 is 56.5 Å². The van der Waals surface area contributed by atoms with Gasteiger partial charge in [-0.3, -0.25) is 9.59 Å². The zero-order valence-corrected chi connectivity index (χ0v) is 19.5. The molecule has 0 N–H and O–H groups in total. The van der Waals surface area contributed by atoms with Gasteiger partial charge in [0.1, 0.15) is 5.60 Å². The van der Waals surface area contributed by atoms with Crippen LogP contribution in [0.1, 0.15) is 62.3 Å². The predicted molar refractivity (Wildman–Crippen MR) is 83.7 cm³/mol. The largest absolute Gasteiger partial charge is 1.00 e. The van der Waals surface area contributed by atoms with Crippen molar-refractivity contribution in [3.63, 3.8) is 0 Å². The van der Waals surface area contributed by atoms with Crippen molar-refractivity contribution in [2.24, 2.45) is 11.8 Å². The second-order valence-corrected chi connectivity index (χ2v) is 5.52. The average Bonchev–Trinajstić information content (AvgIpc) is 2.32. The van der Waals surface area contributed by atoms with Gasteiger partial charge < -0.3 is 9.84 Å². The molecule has 0 aliphatic rings. The van der Waals surface area contributed by atoms with Crippen molar-refractivity contribution < 1.29 is 70.8 Å². The second kappa shape index (κ2) is 21.0. The molecule has 0 saturated heterocycles. The van der Waals surface area contributed by atoms with Gasteiger partial charge in [0.25, 0.3) is 0 Å². The van der Waals surface area contributed by atoms with E-state index in [1.54, 1.807) is 13.8 Å².